The zero-order valence-electron chi connectivity index (χ0n) is 28.6. The summed E-state index contributed by atoms with van der Waals surface area (Å²) in [6, 6.07) is 38.5. The first-order valence-corrected chi connectivity index (χ1v) is 20.3. The maximum atomic E-state index is 14.1. The molecule has 4 aromatic carbocycles. The number of anilines is 1. The Morgan fingerprint density at radius 1 is 0.804 bits per heavy atom. The number of amides is 2. The summed E-state index contributed by atoms with van der Waals surface area (Å²) in [4.78, 5) is 43.2. The fourth-order valence-corrected chi connectivity index (χ4v) is 12.2. The topological polar surface area (TPSA) is 99.4 Å². The van der Waals surface area contributed by atoms with Gasteiger partial charge in [-0.25, -0.2) is 19.9 Å². The molecular weight excluding hydrogens is 769 g/mol. The lowest BCUT2D eigenvalue weighted by Crippen LogP contribution is -2.68. The van der Waals surface area contributed by atoms with Gasteiger partial charge in [0.2, 0.25) is 0 Å². The van der Waals surface area contributed by atoms with Crippen LogP contribution >= 0.6 is 22.6 Å². The smallest absolute Gasteiger partial charge is 0.266 e. The van der Waals surface area contributed by atoms with Crippen LogP contribution in [0.15, 0.2) is 134 Å². The Morgan fingerprint density at radius 3 is 1.80 bits per heavy atom. The van der Waals surface area contributed by atoms with Gasteiger partial charge in [-0.3, -0.25) is 14.2 Å². The number of imidazole rings is 1. The molecule has 0 radical (unpaired) electrons. The Labute approximate surface area is 312 Å². The van der Waals surface area contributed by atoms with E-state index in [1.165, 1.54) is 16.7 Å². The summed E-state index contributed by atoms with van der Waals surface area (Å²) in [5.74, 6) is -0.947. The molecule has 0 N–H and O–H groups in total. The van der Waals surface area contributed by atoms with Crippen LogP contribution in [0, 0.1) is 0 Å². The van der Waals surface area contributed by atoms with Crippen LogP contribution in [0.3, 0.4) is 0 Å². The zero-order valence-corrected chi connectivity index (χ0v) is 31.8. The lowest BCUT2D eigenvalue weighted by molar-refractivity contribution is -0.0230. The van der Waals surface area contributed by atoms with Gasteiger partial charge < -0.3 is 9.16 Å². The zero-order chi connectivity index (χ0) is 35.6. The number of hydrogen-bond donors (Lipinski definition) is 0. The van der Waals surface area contributed by atoms with Crippen molar-refractivity contribution in [2.45, 2.75) is 50.7 Å². The molecule has 3 heterocycles. The SMILES string of the molecule is CC(C)(C)[Si](O[C@@H]1C[C@@H](CI)O[C@H]1n1cnc2c(N(C(=O)c3ccccc3)C(=O)c3ccccc3)ncnc21)(c1ccccc1)c1ccccc1. The standard InChI is InChI=1S/C40H38IN5O4Si/c1-40(2,3)51(31-20-12-6-13-21-31,32-22-14-7-15-23-32)50-33-24-30(25-41)49-39(33)45-27-44-34-35(45)42-26-43-36(34)46(37(47)28-16-8-4-9-17-28)38(48)29-18-10-5-11-19-29/h4-23,26-27,30,33,39H,24-25H2,1-3H3/t30-,33+,39+/m0/s1. The van der Waals surface area contributed by atoms with E-state index in [4.69, 9.17) is 14.1 Å². The number of ether oxygens (including phenoxy) is 1. The number of carbonyl (C=O) groups excluding carboxylic acids is 2. The van der Waals surface area contributed by atoms with Gasteiger partial charge in [-0.2, -0.15) is 0 Å². The fraction of sp³-hybridized carbons (Fsp3) is 0.225. The number of benzene rings is 4. The first-order chi connectivity index (χ1) is 24.7. The maximum Gasteiger partial charge on any atom is 0.266 e. The second-order valence-electron chi connectivity index (χ2n) is 13.6. The lowest BCUT2D eigenvalue weighted by Gasteiger charge is -2.45. The lowest BCUT2D eigenvalue weighted by atomic mass is 10.1. The summed E-state index contributed by atoms with van der Waals surface area (Å²) < 4.78 is 17.0. The highest BCUT2D eigenvalue weighted by Gasteiger charge is 2.54. The van der Waals surface area contributed by atoms with Crippen LogP contribution in [-0.4, -0.2) is 56.3 Å². The molecule has 0 aliphatic carbocycles. The molecule has 6 aromatic rings. The molecule has 1 saturated heterocycles. The van der Waals surface area contributed by atoms with Gasteiger partial charge in [0.25, 0.3) is 20.1 Å². The van der Waals surface area contributed by atoms with Crippen LogP contribution < -0.4 is 15.3 Å². The summed E-state index contributed by atoms with van der Waals surface area (Å²) in [5.41, 5.74) is 1.42. The molecule has 3 atom stereocenters. The molecule has 51 heavy (non-hydrogen) atoms. The third-order valence-electron chi connectivity index (χ3n) is 9.34. The van der Waals surface area contributed by atoms with Gasteiger partial charge in [0.05, 0.1) is 18.5 Å². The van der Waals surface area contributed by atoms with E-state index in [9.17, 15) is 9.59 Å². The van der Waals surface area contributed by atoms with E-state index < -0.39 is 26.4 Å². The van der Waals surface area contributed by atoms with Gasteiger partial charge in [0.15, 0.2) is 23.2 Å². The minimum absolute atomic E-state index is 0.0756. The van der Waals surface area contributed by atoms with Crippen LogP contribution in [0.2, 0.25) is 5.04 Å². The van der Waals surface area contributed by atoms with E-state index in [0.29, 0.717) is 28.7 Å². The second kappa shape index (κ2) is 14.6. The number of halogens is 1. The van der Waals surface area contributed by atoms with E-state index >= 15 is 0 Å². The number of nitrogens with zero attached hydrogens (tertiary/aromatic N) is 5. The van der Waals surface area contributed by atoms with Crippen molar-refractivity contribution in [1.82, 2.24) is 19.5 Å². The van der Waals surface area contributed by atoms with Crippen molar-refractivity contribution in [2.24, 2.45) is 0 Å². The van der Waals surface area contributed by atoms with Crippen molar-refractivity contribution >= 4 is 70.1 Å². The van der Waals surface area contributed by atoms with Crippen LogP contribution in [0.5, 0.6) is 0 Å². The predicted octanol–water partition coefficient (Wildman–Crippen LogP) is 6.98. The molecule has 2 aromatic heterocycles. The second-order valence-corrected chi connectivity index (χ2v) is 18.7. The van der Waals surface area contributed by atoms with Crippen molar-refractivity contribution < 1.29 is 18.8 Å². The number of carbonyl (C=O) groups is 2. The molecule has 9 nitrogen and oxygen atoms in total. The number of aromatic nitrogens is 4. The van der Waals surface area contributed by atoms with Gasteiger partial charge in [0.1, 0.15) is 6.33 Å². The monoisotopic (exact) mass is 807 g/mol. The van der Waals surface area contributed by atoms with Gasteiger partial charge in [-0.1, -0.05) is 140 Å². The highest BCUT2D eigenvalue weighted by Crippen LogP contribution is 2.43. The Hall–Kier alpha value is -4.56. The van der Waals surface area contributed by atoms with Crippen LogP contribution in [0.1, 0.15) is 54.1 Å². The normalized spacial score (nSPS) is 17.8. The number of fused-ring (bicyclic) bond motifs is 1. The largest absolute Gasteiger partial charge is 0.400 e. The first kappa shape index (κ1) is 34.9. The van der Waals surface area contributed by atoms with E-state index in [1.807, 2.05) is 28.8 Å². The highest BCUT2D eigenvalue weighted by atomic mass is 127. The summed E-state index contributed by atoms with van der Waals surface area (Å²) in [5, 5.41) is 2.11. The molecule has 0 bridgehead atoms. The van der Waals surface area contributed by atoms with E-state index in [0.717, 1.165) is 9.33 Å². The van der Waals surface area contributed by atoms with Gasteiger partial charge in [0, 0.05) is 22.0 Å². The van der Waals surface area contributed by atoms with Crippen molar-refractivity contribution in [3.63, 3.8) is 0 Å². The molecule has 258 valence electrons. The Kier molecular flexibility index (Phi) is 9.97. The van der Waals surface area contributed by atoms with E-state index in [2.05, 4.69) is 102 Å². The summed E-state index contributed by atoms with van der Waals surface area (Å²) in [6.07, 6.45) is 2.67. The molecule has 2 amide bonds. The minimum Gasteiger partial charge on any atom is -0.400 e. The molecule has 0 saturated carbocycles. The quantitative estimate of drug-likeness (QED) is 0.0673. The molecule has 7 rings (SSSR count). The molecule has 0 unspecified atom stereocenters. The summed E-state index contributed by atoms with van der Waals surface area (Å²) >= 11 is 2.36. The minimum atomic E-state index is -2.96. The Balaban J connectivity index is 1.34. The van der Waals surface area contributed by atoms with Crippen molar-refractivity contribution in [3.05, 3.63) is 145 Å². The van der Waals surface area contributed by atoms with Crippen LogP contribution in [0.4, 0.5) is 5.82 Å². The summed E-state index contributed by atoms with van der Waals surface area (Å²) in [7, 11) is -2.96. The average Bonchev–Trinajstić information content (AvgIpc) is 3.79. The molecule has 11 heteroatoms. The molecule has 1 aliphatic heterocycles. The van der Waals surface area contributed by atoms with E-state index in [1.54, 1.807) is 54.9 Å². The van der Waals surface area contributed by atoms with Crippen molar-refractivity contribution in [2.75, 3.05) is 9.33 Å². The van der Waals surface area contributed by atoms with Crippen LogP contribution in [0.25, 0.3) is 11.2 Å². The Morgan fingerprint density at radius 2 is 1.31 bits per heavy atom. The Bertz CT molecular complexity index is 2040. The first-order valence-electron chi connectivity index (χ1n) is 16.9. The van der Waals surface area contributed by atoms with Gasteiger partial charge >= 0.3 is 0 Å². The van der Waals surface area contributed by atoms with Crippen molar-refractivity contribution in [3.8, 4) is 0 Å². The predicted molar refractivity (Wildman–Crippen MR) is 209 cm³/mol. The molecule has 1 aliphatic rings. The molecule has 1 fully saturated rings. The summed E-state index contributed by atoms with van der Waals surface area (Å²) in [6.45, 7) is 6.77. The van der Waals surface area contributed by atoms with E-state index in [-0.39, 0.29) is 23.1 Å². The third-order valence-corrected chi connectivity index (χ3v) is 15.4. The van der Waals surface area contributed by atoms with Crippen LogP contribution in [-0.2, 0) is 9.16 Å². The molecule has 0 spiro atoms. The number of hydrogen-bond acceptors (Lipinski definition) is 7. The fourth-order valence-electron chi connectivity index (χ4n) is 6.98. The number of imide groups is 1. The van der Waals surface area contributed by atoms with Gasteiger partial charge in [-0.05, 0) is 39.7 Å². The molecular formula is C40H38IN5O4Si. The number of rotatable bonds is 9. The van der Waals surface area contributed by atoms with Crippen molar-refractivity contribution in [1.29, 1.82) is 0 Å². The number of alkyl halides is 1. The van der Waals surface area contributed by atoms with Gasteiger partial charge in [-0.15, -0.1) is 0 Å². The maximum absolute atomic E-state index is 14.1. The average molecular weight is 808 g/mol. The third kappa shape index (κ3) is 6.55. The highest BCUT2D eigenvalue weighted by molar-refractivity contribution is 14.1.